The fourth-order valence-corrected chi connectivity index (χ4v) is 7.65. The maximum Gasteiger partial charge on any atom is 0.0611 e. The zero-order valence-electron chi connectivity index (χ0n) is 16.8. The average molecular weight is 396 g/mol. The highest BCUT2D eigenvalue weighted by molar-refractivity contribution is 8.32. The third-order valence-electron chi connectivity index (χ3n) is 6.18. The molecule has 3 atom stereocenters. The van der Waals surface area contributed by atoms with Crippen molar-refractivity contribution in [2.24, 2.45) is 11.7 Å². The fourth-order valence-electron chi connectivity index (χ4n) is 4.39. The van der Waals surface area contributed by atoms with E-state index in [0.717, 1.165) is 25.2 Å². The maximum atomic E-state index is 9.52. The topological polar surface area (TPSA) is 46.2 Å². The van der Waals surface area contributed by atoms with Gasteiger partial charge in [0.05, 0.1) is 6.61 Å². The van der Waals surface area contributed by atoms with Gasteiger partial charge in [0.15, 0.2) is 0 Å². The fraction of sp³-hybridized carbons (Fsp3) is 0.727. The molecule has 0 amide bonds. The number of rotatable bonds is 7. The zero-order chi connectivity index (χ0) is 18.8. The Morgan fingerprint density at radius 3 is 2.73 bits per heavy atom. The molecule has 0 radical (unpaired) electrons. The van der Waals surface area contributed by atoms with Gasteiger partial charge in [0, 0.05) is 11.3 Å². The van der Waals surface area contributed by atoms with Crippen molar-refractivity contribution in [3.63, 3.8) is 0 Å². The number of aryl methyl sites for hydroxylation is 1. The average Bonchev–Trinajstić information content (AvgIpc) is 3.00. The normalized spacial score (nSPS) is 29.6. The second-order valence-corrected chi connectivity index (χ2v) is 15.2. The molecule has 1 aromatic carbocycles. The van der Waals surface area contributed by atoms with Crippen molar-refractivity contribution in [2.75, 3.05) is 42.6 Å². The molecule has 0 saturated heterocycles. The standard InChI is InChI=1S/C22H37NOS2/c1-26(2,3)11-10-25-15-17-4-5-19-13-20(7-6-18(19)12-17)21-8-9-22(23,14-21)16-24/h6-7,13,17,21,24H,4-5,8-12,14-16,23H2,1-3H3/t17-,21+,22-/m1/s1. The number of benzene rings is 1. The van der Waals surface area contributed by atoms with Crippen LogP contribution in [0.1, 0.15) is 48.3 Å². The molecule has 0 unspecified atom stereocenters. The lowest BCUT2D eigenvalue weighted by molar-refractivity contribution is 0.198. The van der Waals surface area contributed by atoms with Crippen LogP contribution in [-0.2, 0) is 12.8 Å². The molecule has 0 aliphatic heterocycles. The summed E-state index contributed by atoms with van der Waals surface area (Å²) in [5.74, 6) is 5.43. The van der Waals surface area contributed by atoms with Gasteiger partial charge in [-0.25, -0.2) is 10.0 Å². The summed E-state index contributed by atoms with van der Waals surface area (Å²) in [6.07, 6.45) is 14.1. The minimum absolute atomic E-state index is 0.116. The summed E-state index contributed by atoms with van der Waals surface area (Å²) in [4.78, 5) is 0. The highest BCUT2D eigenvalue weighted by Crippen LogP contribution is 2.41. The maximum absolute atomic E-state index is 9.52. The number of aliphatic hydroxyl groups excluding tert-OH is 1. The van der Waals surface area contributed by atoms with E-state index >= 15 is 0 Å². The molecule has 0 spiro atoms. The van der Waals surface area contributed by atoms with Crippen LogP contribution >= 0.6 is 21.8 Å². The third kappa shape index (κ3) is 5.43. The van der Waals surface area contributed by atoms with Gasteiger partial charge in [-0.05, 0) is 97.3 Å². The second kappa shape index (κ2) is 8.46. The summed E-state index contributed by atoms with van der Waals surface area (Å²) >= 11 is 2.17. The Morgan fingerprint density at radius 2 is 2.04 bits per heavy atom. The SMILES string of the molecule is CS(C)(C)CCSC[C@@H]1CCc2cc([C@H]3CC[C@](N)(CO)C3)ccc2C1. The van der Waals surface area contributed by atoms with Gasteiger partial charge in [0.2, 0.25) is 0 Å². The van der Waals surface area contributed by atoms with E-state index in [9.17, 15) is 5.11 Å². The molecule has 0 bridgehead atoms. The van der Waals surface area contributed by atoms with Gasteiger partial charge in [-0.3, -0.25) is 0 Å². The summed E-state index contributed by atoms with van der Waals surface area (Å²) in [5, 5.41) is 9.52. The Morgan fingerprint density at radius 1 is 1.23 bits per heavy atom. The van der Waals surface area contributed by atoms with Crippen LogP contribution in [0, 0.1) is 5.92 Å². The van der Waals surface area contributed by atoms with Crippen molar-refractivity contribution in [1.82, 2.24) is 0 Å². The molecule has 1 fully saturated rings. The summed E-state index contributed by atoms with van der Waals surface area (Å²) in [6, 6.07) is 7.18. The Kier molecular flexibility index (Phi) is 6.70. The van der Waals surface area contributed by atoms with Gasteiger partial charge < -0.3 is 10.8 Å². The molecule has 2 aliphatic rings. The predicted molar refractivity (Wildman–Crippen MR) is 120 cm³/mol. The molecule has 4 heteroatoms. The van der Waals surface area contributed by atoms with Crippen molar-refractivity contribution >= 4 is 21.8 Å². The summed E-state index contributed by atoms with van der Waals surface area (Å²) in [7, 11) is -0.344. The van der Waals surface area contributed by atoms with E-state index in [1.165, 1.54) is 42.1 Å². The van der Waals surface area contributed by atoms with E-state index < -0.39 is 0 Å². The zero-order valence-corrected chi connectivity index (χ0v) is 18.4. The predicted octanol–water partition coefficient (Wildman–Crippen LogP) is 4.18. The largest absolute Gasteiger partial charge is 0.394 e. The second-order valence-electron chi connectivity index (χ2n) is 9.47. The van der Waals surface area contributed by atoms with E-state index in [1.54, 1.807) is 11.1 Å². The smallest absolute Gasteiger partial charge is 0.0611 e. The van der Waals surface area contributed by atoms with Crippen molar-refractivity contribution in [2.45, 2.75) is 50.0 Å². The molecule has 3 rings (SSSR count). The molecule has 2 nitrogen and oxygen atoms in total. The molecule has 1 saturated carbocycles. The minimum Gasteiger partial charge on any atom is -0.394 e. The lowest BCUT2D eigenvalue weighted by Crippen LogP contribution is -2.40. The molecule has 26 heavy (non-hydrogen) atoms. The quantitative estimate of drug-likeness (QED) is 0.681. The van der Waals surface area contributed by atoms with Crippen LogP contribution in [0.15, 0.2) is 18.2 Å². The first-order chi connectivity index (χ1) is 12.3. The number of thioether (sulfide) groups is 1. The summed E-state index contributed by atoms with van der Waals surface area (Å²) in [6.45, 7) is 0.116. The highest BCUT2D eigenvalue weighted by Gasteiger charge is 2.36. The van der Waals surface area contributed by atoms with E-state index in [2.05, 4.69) is 48.7 Å². The Hall–Kier alpha value is -0.160. The van der Waals surface area contributed by atoms with E-state index in [4.69, 9.17) is 5.73 Å². The molecule has 0 aromatic heterocycles. The van der Waals surface area contributed by atoms with Gasteiger partial charge in [0.1, 0.15) is 0 Å². The van der Waals surface area contributed by atoms with E-state index in [1.807, 2.05) is 0 Å². The molecule has 0 heterocycles. The third-order valence-corrected chi connectivity index (χ3v) is 9.07. The lowest BCUT2D eigenvalue weighted by Gasteiger charge is -2.27. The molecule has 2 aliphatic carbocycles. The van der Waals surface area contributed by atoms with Crippen molar-refractivity contribution in [1.29, 1.82) is 0 Å². The van der Waals surface area contributed by atoms with Gasteiger partial charge in [-0.2, -0.15) is 11.8 Å². The minimum atomic E-state index is -0.350. The first-order valence-corrected chi connectivity index (χ1v) is 14.2. The molecular weight excluding hydrogens is 358 g/mol. The summed E-state index contributed by atoms with van der Waals surface area (Å²) in [5.41, 5.74) is 10.5. The lowest BCUT2D eigenvalue weighted by atomic mass is 9.82. The van der Waals surface area contributed by atoms with Gasteiger partial charge in [0.25, 0.3) is 0 Å². The first-order valence-electron chi connectivity index (χ1n) is 10.0. The highest BCUT2D eigenvalue weighted by atomic mass is 32.3. The molecule has 148 valence electrons. The molecular formula is C22H37NOS2. The number of nitrogens with two attached hydrogens (primary N) is 1. The van der Waals surface area contributed by atoms with E-state index in [0.29, 0.717) is 5.92 Å². The van der Waals surface area contributed by atoms with Crippen LogP contribution < -0.4 is 5.73 Å². The number of aliphatic hydroxyl groups is 1. The Balaban J connectivity index is 1.53. The Labute approximate surface area is 166 Å². The van der Waals surface area contributed by atoms with Gasteiger partial charge in [-0.1, -0.05) is 18.2 Å². The van der Waals surface area contributed by atoms with Crippen LogP contribution in [0.4, 0.5) is 0 Å². The number of hydrogen-bond acceptors (Lipinski definition) is 3. The van der Waals surface area contributed by atoms with Crippen LogP contribution in [0.25, 0.3) is 0 Å². The number of hydrogen-bond donors (Lipinski definition) is 2. The molecule has 1 aromatic rings. The monoisotopic (exact) mass is 395 g/mol. The van der Waals surface area contributed by atoms with Crippen molar-refractivity contribution in [3.05, 3.63) is 34.9 Å². The van der Waals surface area contributed by atoms with Crippen LogP contribution in [0.5, 0.6) is 0 Å². The first kappa shape index (κ1) is 20.6. The van der Waals surface area contributed by atoms with Crippen LogP contribution in [0.3, 0.4) is 0 Å². The van der Waals surface area contributed by atoms with Gasteiger partial charge >= 0.3 is 0 Å². The molecule has 3 N–H and O–H groups in total. The van der Waals surface area contributed by atoms with Gasteiger partial charge in [-0.15, -0.1) is 0 Å². The number of fused-ring (bicyclic) bond motifs is 1. The van der Waals surface area contributed by atoms with Crippen molar-refractivity contribution in [3.8, 4) is 0 Å². The summed E-state index contributed by atoms with van der Waals surface area (Å²) < 4.78 is 0. The Bertz CT molecular complexity index is 613. The van der Waals surface area contributed by atoms with Crippen molar-refractivity contribution < 1.29 is 5.11 Å². The van der Waals surface area contributed by atoms with Crippen LogP contribution in [-0.4, -0.2) is 53.3 Å². The van der Waals surface area contributed by atoms with Crippen LogP contribution in [0.2, 0.25) is 0 Å². The van der Waals surface area contributed by atoms with E-state index in [-0.39, 0.29) is 22.2 Å².